The Morgan fingerprint density at radius 3 is 1.93 bits per heavy atom. The fourth-order valence-electron chi connectivity index (χ4n) is 7.92. The molecule has 1 aliphatic heterocycles. The number of hydrogen-bond acceptors (Lipinski definition) is 5. The molecule has 8 nitrogen and oxygen atoms in total. The number of fused-ring (bicyclic) bond motifs is 3. The second kappa shape index (κ2) is 15.3. The van der Waals surface area contributed by atoms with Gasteiger partial charge in [-0.25, -0.2) is 4.98 Å². The Bertz CT molecular complexity index is 2550. The van der Waals surface area contributed by atoms with Crippen molar-refractivity contribution in [2.24, 2.45) is 0 Å². The number of aromatic nitrogens is 6. The number of anilines is 1. The van der Waals surface area contributed by atoms with Crippen molar-refractivity contribution in [3.63, 3.8) is 0 Å². The topological polar surface area (TPSA) is 75.1 Å². The third-order valence-corrected chi connectivity index (χ3v) is 10.5. The standard InChI is InChI=1S/C46H40BN7O.Pt/c1-30(2)35-18-12-19-36(31(3)4)43(35)53-26-24-49-46(53)44-50-29-41(51-44)55-34-22-23-40-39(28-34)45-48-25-27-54(45)47(52(40)5)42-37(32-14-8-6-9-15-32)20-13-21-38(42)33-16-10-7-11-17-33;/h6-27,29-31H,1-5H3;/q-2;+2. The number of benzene rings is 5. The third-order valence-electron chi connectivity index (χ3n) is 10.5. The van der Waals surface area contributed by atoms with Gasteiger partial charge in [-0.05, 0) is 69.7 Å². The Labute approximate surface area is 342 Å². The molecule has 8 aromatic rings. The van der Waals surface area contributed by atoms with E-state index in [0.29, 0.717) is 35.1 Å². The molecule has 0 N–H and O–H groups in total. The van der Waals surface area contributed by atoms with Crippen LogP contribution in [0.1, 0.15) is 50.7 Å². The molecule has 0 amide bonds. The number of nitrogens with zero attached hydrogens (tertiary/aromatic N) is 7. The van der Waals surface area contributed by atoms with Crippen LogP contribution in [0, 0.1) is 6.07 Å². The van der Waals surface area contributed by atoms with Gasteiger partial charge in [0.05, 0.1) is 5.69 Å². The van der Waals surface area contributed by atoms with Gasteiger partial charge in [-0.1, -0.05) is 148 Å². The molecular formula is C46H40BN7OPt. The van der Waals surface area contributed by atoms with E-state index in [1.54, 1.807) is 12.4 Å². The first-order chi connectivity index (χ1) is 26.9. The van der Waals surface area contributed by atoms with Crippen LogP contribution in [0.3, 0.4) is 0 Å². The van der Waals surface area contributed by atoms with Gasteiger partial charge in [-0.2, -0.15) is 0 Å². The van der Waals surface area contributed by atoms with Crippen molar-refractivity contribution in [1.29, 1.82) is 0 Å². The summed E-state index contributed by atoms with van der Waals surface area (Å²) < 4.78 is 10.7. The number of para-hydroxylation sites is 1. The zero-order chi connectivity index (χ0) is 37.6. The zero-order valence-corrected chi connectivity index (χ0v) is 34.1. The van der Waals surface area contributed by atoms with Gasteiger partial charge >= 0.3 is 28.0 Å². The maximum absolute atomic E-state index is 6.36. The van der Waals surface area contributed by atoms with E-state index in [4.69, 9.17) is 19.7 Å². The summed E-state index contributed by atoms with van der Waals surface area (Å²) in [5.41, 5.74) is 11.3. The molecule has 0 spiro atoms. The molecule has 0 radical (unpaired) electrons. The largest absolute Gasteiger partial charge is 2.00 e. The molecular weight excluding hydrogens is 872 g/mol. The quantitative estimate of drug-likeness (QED) is 0.106. The first-order valence-corrected chi connectivity index (χ1v) is 18.8. The summed E-state index contributed by atoms with van der Waals surface area (Å²) in [7, 11) is 2.14. The summed E-state index contributed by atoms with van der Waals surface area (Å²) in [6, 6.07) is 41.9. The molecule has 0 fully saturated rings. The molecule has 0 aliphatic carbocycles. The summed E-state index contributed by atoms with van der Waals surface area (Å²) >= 11 is 0. The molecule has 0 bridgehead atoms. The van der Waals surface area contributed by atoms with E-state index in [1.165, 1.54) is 27.7 Å². The maximum atomic E-state index is 6.36. The minimum absolute atomic E-state index is 0. The van der Waals surface area contributed by atoms with Crippen molar-refractivity contribution in [3.05, 3.63) is 157 Å². The average Bonchev–Trinajstić information content (AvgIpc) is 4.00. The SMILES string of the molecule is CC(C)c1cccc(C(C)C)c1-n1ccnc1-c1ncc(Oc2[c-]c3c(cc2)N(C)B(c2c(-c4ccccc4)cccc2-c2ccccc2)n2ccnc2-3)[n-]1.[Pt+2]. The second-order valence-corrected chi connectivity index (χ2v) is 14.6. The first kappa shape index (κ1) is 37.0. The maximum Gasteiger partial charge on any atom is 2.00 e. The molecule has 56 heavy (non-hydrogen) atoms. The smallest absolute Gasteiger partial charge is 0.481 e. The molecule has 0 atom stereocenters. The van der Waals surface area contributed by atoms with Crippen LogP contribution in [-0.4, -0.2) is 38.0 Å². The van der Waals surface area contributed by atoms with E-state index in [-0.39, 0.29) is 28.0 Å². The number of imidazole rings is 3. The minimum atomic E-state index is -0.180. The fourth-order valence-corrected chi connectivity index (χ4v) is 7.92. The van der Waals surface area contributed by atoms with Gasteiger partial charge in [-0.15, -0.1) is 6.07 Å². The van der Waals surface area contributed by atoms with Crippen LogP contribution in [-0.2, 0) is 21.1 Å². The molecule has 5 aromatic carbocycles. The van der Waals surface area contributed by atoms with Crippen LogP contribution in [0.25, 0.3) is 51.0 Å². The van der Waals surface area contributed by atoms with Gasteiger partial charge in [0, 0.05) is 36.4 Å². The van der Waals surface area contributed by atoms with Crippen LogP contribution in [0.2, 0.25) is 0 Å². The van der Waals surface area contributed by atoms with Crippen LogP contribution in [0.5, 0.6) is 11.6 Å². The summed E-state index contributed by atoms with van der Waals surface area (Å²) in [5, 5.41) is 0. The van der Waals surface area contributed by atoms with E-state index >= 15 is 0 Å². The van der Waals surface area contributed by atoms with E-state index in [2.05, 4.69) is 169 Å². The number of ether oxygens (including phenoxy) is 1. The molecule has 10 heteroatoms. The van der Waals surface area contributed by atoms with Crippen molar-refractivity contribution in [2.45, 2.75) is 39.5 Å². The minimum Gasteiger partial charge on any atom is -0.481 e. The molecule has 0 saturated heterocycles. The van der Waals surface area contributed by atoms with Gasteiger partial charge in [-0.3, -0.25) is 9.55 Å². The first-order valence-electron chi connectivity index (χ1n) is 18.8. The normalized spacial score (nSPS) is 12.1. The Balaban J connectivity index is 0.00000441. The van der Waals surface area contributed by atoms with Gasteiger partial charge in [0.1, 0.15) is 11.7 Å². The molecule has 0 saturated carbocycles. The Morgan fingerprint density at radius 1 is 0.679 bits per heavy atom. The van der Waals surface area contributed by atoms with Crippen LogP contribution >= 0.6 is 0 Å². The molecule has 0 unspecified atom stereocenters. The Kier molecular flexibility index (Phi) is 10.1. The summed E-state index contributed by atoms with van der Waals surface area (Å²) in [4.78, 5) is 21.4. The zero-order valence-electron chi connectivity index (χ0n) is 31.9. The van der Waals surface area contributed by atoms with Crippen molar-refractivity contribution < 1.29 is 25.8 Å². The van der Waals surface area contributed by atoms with E-state index in [9.17, 15) is 0 Å². The predicted octanol–water partition coefficient (Wildman–Crippen LogP) is 9.62. The Hall–Kier alpha value is -5.92. The third kappa shape index (κ3) is 6.50. The van der Waals surface area contributed by atoms with Crippen molar-refractivity contribution in [1.82, 2.24) is 29.0 Å². The Morgan fingerprint density at radius 2 is 1.29 bits per heavy atom. The van der Waals surface area contributed by atoms with Crippen LogP contribution in [0.4, 0.5) is 5.69 Å². The summed E-state index contributed by atoms with van der Waals surface area (Å²) in [5.74, 6) is 3.53. The predicted molar refractivity (Wildman–Crippen MR) is 221 cm³/mol. The number of hydrogen-bond donors (Lipinski definition) is 0. The summed E-state index contributed by atoms with van der Waals surface area (Å²) in [6.45, 7) is 8.69. The van der Waals surface area contributed by atoms with Crippen LogP contribution in [0.15, 0.2) is 140 Å². The van der Waals surface area contributed by atoms with Crippen molar-refractivity contribution in [3.8, 4) is 62.6 Å². The summed E-state index contributed by atoms with van der Waals surface area (Å²) in [6.07, 6.45) is 9.35. The monoisotopic (exact) mass is 912 g/mol. The van der Waals surface area contributed by atoms with E-state index in [1.807, 2.05) is 18.5 Å². The van der Waals surface area contributed by atoms with Gasteiger partial charge < -0.3 is 24.0 Å². The molecule has 3 aromatic heterocycles. The fraction of sp³-hybridized carbons (Fsp3) is 0.152. The van der Waals surface area contributed by atoms with Crippen LogP contribution < -0.4 is 20.0 Å². The van der Waals surface area contributed by atoms with Gasteiger partial charge in [0.25, 0.3) is 0 Å². The van der Waals surface area contributed by atoms with Gasteiger partial charge in [0.15, 0.2) is 0 Å². The average molecular weight is 913 g/mol. The van der Waals surface area contributed by atoms with E-state index < -0.39 is 0 Å². The molecule has 9 rings (SSSR count). The molecule has 278 valence electrons. The number of rotatable bonds is 9. The molecule has 4 heterocycles. The molecule has 1 aliphatic rings. The van der Waals surface area contributed by atoms with E-state index in [0.717, 1.165) is 33.9 Å². The van der Waals surface area contributed by atoms with Gasteiger partial charge in [0.2, 0.25) is 0 Å². The second-order valence-electron chi connectivity index (χ2n) is 14.6. The van der Waals surface area contributed by atoms with Crippen molar-refractivity contribution >= 4 is 18.1 Å². The van der Waals surface area contributed by atoms with Crippen molar-refractivity contribution in [2.75, 3.05) is 11.9 Å².